The van der Waals surface area contributed by atoms with Crippen molar-refractivity contribution >= 4 is 11.8 Å². The molecule has 4 saturated heterocycles. The highest BCUT2D eigenvalue weighted by Crippen LogP contribution is 2.35. The van der Waals surface area contributed by atoms with Crippen molar-refractivity contribution in [1.82, 2.24) is 10.6 Å². The first-order valence-corrected chi connectivity index (χ1v) is 29.9. The third kappa shape index (κ3) is 22.6. The van der Waals surface area contributed by atoms with Crippen LogP contribution in [0.2, 0.25) is 0 Å². The third-order valence-electron chi connectivity index (χ3n) is 15.6. The van der Waals surface area contributed by atoms with Crippen molar-refractivity contribution in [2.45, 2.75) is 297 Å². The summed E-state index contributed by atoms with van der Waals surface area (Å²) in [6.07, 6.45) is -8.17. The van der Waals surface area contributed by atoms with E-state index in [4.69, 9.17) is 37.9 Å². The van der Waals surface area contributed by atoms with E-state index < -0.39 is 174 Å². The lowest BCUT2D eigenvalue weighted by atomic mass is 9.95. The van der Waals surface area contributed by atoms with Gasteiger partial charge < -0.3 is 115 Å². The predicted molar refractivity (Wildman–Crippen MR) is 289 cm³/mol. The van der Waals surface area contributed by atoms with Crippen LogP contribution in [0.25, 0.3) is 0 Å². The molecule has 25 nitrogen and oxygen atoms in total. The number of unbranched alkanes of at least 4 members (excludes halogenated alkanes) is 19. The van der Waals surface area contributed by atoms with Crippen LogP contribution in [-0.4, -0.2) is 246 Å². The minimum absolute atomic E-state index is 0.216. The molecule has 81 heavy (non-hydrogen) atoms. The molecule has 0 aliphatic carbocycles. The number of ether oxygens (including phenoxy) is 8. The monoisotopic (exact) mass is 1170 g/mol. The summed E-state index contributed by atoms with van der Waals surface area (Å²) in [6.45, 7) is 1.55. The van der Waals surface area contributed by atoms with Gasteiger partial charge in [0.25, 0.3) is 0 Å². The van der Waals surface area contributed by atoms with E-state index in [9.17, 15) is 76.0 Å². The Balaban J connectivity index is 1.37. The number of rotatable bonds is 39. The molecule has 15 N–H and O–H groups in total. The smallest absolute Gasteiger partial charge is 0.220 e. The molecule has 4 rings (SSSR count). The summed E-state index contributed by atoms with van der Waals surface area (Å²) in [5.74, 6) is -1.01. The Morgan fingerprint density at radius 3 is 1.41 bits per heavy atom. The van der Waals surface area contributed by atoms with E-state index in [0.717, 1.165) is 51.9 Å². The number of allylic oxidation sites excluding steroid dienone is 1. The minimum atomic E-state index is -2.09. The van der Waals surface area contributed by atoms with E-state index in [-0.39, 0.29) is 12.3 Å². The highest BCUT2D eigenvalue weighted by Gasteiger charge is 2.56. The summed E-state index contributed by atoms with van der Waals surface area (Å²) in [4.78, 5) is 25.3. The van der Waals surface area contributed by atoms with Crippen molar-refractivity contribution in [3.63, 3.8) is 0 Å². The summed E-state index contributed by atoms with van der Waals surface area (Å²) >= 11 is 0. The number of carbonyl (C=O) groups excluding carboxylic acids is 2. The van der Waals surface area contributed by atoms with Crippen LogP contribution in [0.5, 0.6) is 0 Å². The molecule has 22 atom stereocenters. The number of amides is 2. The van der Waals surface area contributed by atoms with Gasteiger partial charge in [0.05, 0.1) is 45.2 Å². The second-order valence-electron chi connectivity index (χ2n) is 22.2. The topological polar surface area (TPSA) is 395 Å². The average Bonchev–Trinajstić information content (AvgIpc) is 3.47. The lowest BCUT2D eigenvalue weighted by Gasteiger charge is -2.49. The van der Waals surface area contributed by atoms with E-state index in [2.05, 4.69) is 24.5 Å². The van der Waals surface area contributed by atoms with Crippen molar-refractivity contribution in [2.24, 2.45) is 0 Å². The lowest BCUT2D eigenvalue weighted by molar-refractivity contribution is -0.386. The van der Waals surface area contributed by atoms with Crippen LogP contribution in [0.1, 0.15) is 162 Å². The van der Waals surface area contributed by atoms with Crippen molar-refractivity contribution in [3.8, 4) is 0 Å². The summed E-state index contributed by atoms with van der Waals surface area (Å²) in [6, 6.07) is -2.52. The fraction of sp³-hybridized carbons (Fsp3) is 0.929. The lowest BCUT2D eigenvalue weighted by Crippen LogP contribution is -2.69. The van der Waals surface area contributed by atoms with Crippen LogP contribution in [0.15, 0.2) is 12.2 Å². The van der Waals surface area contributed by atoms with Crippen LogP contribution in [0.3, 0.4) is 0 Å². The molecule has 4 aliphatic heterocycles. The maximum Gasteiger partial charge on any atom is 0.220 e. The first kappa shape index (κ1) is 71.3. The van der Waals surface area contributed by atoms with E-state index in [0.29, 0.717) is 12.8 Å². The van der Waals surface area contributed by atoms with E-state index in [1.165, 1.54) is 77.0 Å². The fourth-order valence-electron chi connectivity index (χ4n) is 10.7. The van der Waals surface area contributed by atoms with Crippen LogP contribution in [-0.2, 0) is 47.5 Å². The van der Waals surface area contributed by atoms with Gasteiger partial charge in [0, 0.05) is 13.3 Å². The third-order valence-corrected chi connectivity index (χ3v) is 15.6. The molecule has 0 saturated carbocycles. The Morgan fingerprint density at radius 1 is 0.481 bits per heavy atom. The van der Waals surface area contributed by atoms with Gasteiger partial charge in [-0.2, -0.15) is 0 Å². The van der Waals surface area contributed by atoms with Crippen molar-refractivity contribution in [1.29, 1.82) is 0 Å². The van der Waals surface area contributed by atoms with Crippen molar-refractivity contribution in [3.05, 3.63) is 12.2 Å². The Bertz CT molecular complexity index is 1720. The molecular formula is C56H102N2O23. The molecule has 4 heterocycles. The Hall–Kier alpha value is -2.16. The first-order chi connectivity index (χ1) is 39.0. The van der Waals surface area contributed by atoms with Crippen LogP contribution in [0.4, 0.5) is 0 Å². The Labute approximate surface area is 477 Å². The van der Waals surface area contributed by atoms with Crippen LogP contribution in [0, 0.1) is 0 Å². The molecule has 2 amide bonds. The largest absolute Gasteiger partial charge is 0.394 e. The highest BCUT2D eigenvalue weighted by molar-refractivity contribution is 5.76. The average molecular weight is 1170 g/mol. The first-order valence-electron chi connectivity index (χ1n) is 29.9. The summed E-state index contributed by atoms with van der Waals surface area (Å²) < 4.78 is 46.3. The normalized spacial score (nSPS) is 35.5. The van der Waals surface area contributed by atoms with Gasteiger partial charge in [-0.15, -0.1) is 0 Å². The zero-order chi connectivity index (χ0) is 59.4. The maximum absolute atomic E-state index is 13.2. The summed E-state index contributed by atoms with van der Waals surface area (Å²) in [5.41, 5.74) is 0. The van der Waals surface area contributed by atoms with E-state index in [1.807, 2.05) is 6.08 Å². The molecule has 4 fully saturated rings. The molecule has 0 aromatic carbocycles. The molecule has 474 valence electrons. The maximum atomic E-state index is 13.2. The van der Waals surface area contributed by atoms with Gasteiger partial charge in [-0.1, -0.05) is 142 Å². The van der Waals surface area contributed by atoms with Gasteiger partial charge in [0.1, 0.15) is 97.6 Å². The van der Waals surface area contributed by atoms with Gasteiger partial charge in [-0.25, -0.2) is 0 Å². The molecule has 22 unspecified atom stereocenters. The molecule has 0 spiro atoms. The number of nitrogens with one attached hydrogen (secondary N) is 2. The molecule has 0 radical (unpaired) electrons. The van der Waals surface area contributed by atoms with E-state index >= 15 is 0 Å². The summed E-state index contributed by atoms with van der Waals surface area (Å²) in [7, 11) is 0. The zero-order valence-corrected chi connectivity index (χ0v) is 47.8. The number of aliphatic hydroxyl groups excluding tert-OH is 13. The Morgan fingerprint density at radius 2 is 0.901 bits per heavy atom. The van der Waals surface area contributed by atoms with Gasteiger partial charge >= 0.3 is 0 Å². The highest BCUT2D eigenvalue weighted by atomic mass is 16.8. The number of hydrogen-bond donors (Lipinski definition) is 15. The van der Waals surface area contributed by atoms with Crippen LogP contribution >= 0.6 is 0 Å². The molecule has 0 aromatic rings. The van der Waals surface area contributed by atoms with Crippen molar-refractivity contribution < 1.29 is 114 Å². The molecular weight excluding hydrogens is 1070 g/mol. The summed E-state index contributed by atoms with van der Waals surface area (Å²) in [5, 5.41) is 147. The molecule has 4 aliphatic rings. The number of carbonyl (C=O) groups is 2. The molecule has 25 heteroatoms. The second kappa shape index (κ2) is 38.8. The fourth-order valence-corrected chi connectivity index (χ4v) is 10.7. The molecule has 0 bridgehead atoms. The quantitative estimate of drug-likeness (QED) is 0.0271. The van der Waals surface area contributed by atoms with Gasteiger partial charge in [0.2, 0.25) is 11.8 Å². The standard InChI is InChI=1S/C56H102N2O23/c1-4-6-8-10-12-14-15-16-17-19-20-22-24-26-35(64)34(58-40(65)27-25-23-21-18-13-11-9-7-5-2)32-74-54-47(71)45(69)50(38(30-61)77-54)79-55-48(72)46(70)51(39(31-62)78-55)80-56-49(73)52(43(67)37(29-60)76-56)81-53-41(57-33(3)63)44(68)42(66)36(28-59)75-53/h24,26,34-39,41-56,59-62,64,66-73H,4-23,25,27-32H2,1-3H3,(H,57,63)(H,58,65). The van der Waals surface area contributed by atoms with Gasteiger partial charge in [0.15, 0.2) is 25.2 Å². The molecule has 0 aromatic heterocycles. The minimum Gasteiger partial charge on any atom is -0.394 e. The van der Waals surface area contributed by atoms with Gasteiger partial charge in [-0.05, 0) is 19.3 Å². The van der Waals surface area contributed by atoms with E-state index in [1.54, 1.807) is 6.08 Å². The Kier molecular flexibility index (Phi) is 34.2. The number of hydrogen-bond acceptors (Lipinski definition) is 23. The SMILES string of the molecule is CCCCCCCCCCCCCC=CC(O)C(COC1OC(CO)C(OC2OC(CO)C(OC3OC(CO)C(O)C(OC4OC(CO)C(O)C(O)C4NC(C)=O)C3O)C(O)C2O)C(O)C1O)NC(=O)CCCCCCCCCCC. The predicted octanol–water partition coefficient (Wildman–Crippen LogP) is -0.557. The van der Waals surface area contributed by atoms with Crippen LogP contribution < -0.4 is 10.6 Å². The number of aliphatic hydroxyl groups is 13. The van der Waals surface area contributed by atoms with Gasteiger partial charge in [-0.3, -0.25) is 9.59 Å². The zero-order valence-electron chi connectivity index (χ0n) is 47.8. The second-order valence-corrected chi connectivity index (χ2v) is 22.2. The van der Waals surface area contributed by atoms with Crippen molar-refractivity contribution in [2.75, 3.05) is 33.0 Å².